The van der Waals surface area contributed by atoms with Crippen LogP contribution in [0.25, 0.3) is 0 Å². The number of hydrogen-bond acceptors (Lipinski definition) is 2. The van der Waals surface area contributed by atoms with Gasteiger partial charge in [0, 0.05) is 13.0 Å². The van der Waals surface area contributed by atoms with Crippen molar-refractivity contribution in [2.75, 3.05) is 0 Å². The molecule has 1 aromatic heterocycles. The Labute approximate surface area is 130 Å². The van der Waals surface area contributed by atoms with E-state index in [2.05, 4.69) is 30.2 Å². The van der Waals surface area contributed by atoms with Crippen molar-refractivity contribution in [3.63, 3.8) is 0 Å². The summed E-state index contributed by atoms with van der Waals surface area (Å²) in [5.74, 6) is 0. The highest BCUT2D eigenvalue weighted by Crippen LogP contribution is 2.41. The number of halogens is 1. The van der Waals surface area contributed by atoms with Gasteiger partial charge >= 0.3 is 0 Å². The van der Waals surface area contributed by atoms with Crippen LogP contribution in [0.1, 0.15) is 41.4 Å². The fraction of sp³-hybridized carbons (Fsp3) is 0.471. The number of aromatic nitrogens is 2. The topological polar surface area (TPSA) is 38.0 Å². The highest BCUT2D eigenvalue weighted by atomic mass is 35.5. The molecule has 0 saturated carbocycles. The molecule has 0 bridgehead atoms. The Kier molecular flexibility index (Phi) is 3.58. The summed E-state index contributed by atoms with van der Waals surface area (Å²) >= 11 is 6.40. The number of nitrogens with zero attached hydrogens (tertiary/aromatic N) is 2. The summed E-state index contributed by atoms with van der Waals surface area (Å²) in [5.41, 5.74) is 4.43. The lowest BCUT2D eigenvalue weighted by Crippen LogP contribution is -2.27. The van der Waals surface area contributed by atoms with E-state index in [1.807, 2.05) is 18.5 Å². The van der Waals surface area contributed by atoms with Gasteiger partial charge in [-0.15, -0.1) is 0 Å². The molecule has 3 nitrogen and oxygen atoms in total. The quantitative estimate of drug-likeness (QED) is 0.941. The predicted molar refractivity (Wildman–Crippen MR) is 84.7 cm³/mol. The molecule has 3 rings (SSSR count). The van der Waals surface area contributed by atoms with E-state index < -0.39 is 5.60 Å². The minimum atomic E-state index is -0.829. The molecule has 0 fully saturated rings. The second kappa shape index (κ2) is 5.15. The predicted octanol–water partition coefficient (Wildman–Crippen LogP) is 3.55. The first-order valence-electron chi connectivity index (χ1n) is 7.49. The molecule has 4 heteroatoms. The molecule has 2 aromatic rings. The summed E-state index contributed by atoms with van der Waals surface area (Å²) < 4.78 is 1.91. The van der Waals surface area contributed by atoms with E-state index in [-0.39, 0.29) is 0 Å². The van der Waals surface area contributed by atoms with Gasteiger partial charge in [-0.25, -0.2) is 0 Å². The van der Waals surface area contributed by atoms with Crippen LogP contribution in [0, 0.1) is 13.8 Å². The maximum absolute atomic E-state index is 11.2. The van der Waals surface area contributed by atoms with Crippen LogP contribution in [0.2, 0.25) is 5.02 Å². The van der Waals surface area contributed by atoms with E-state index in [4.69, 9.17) is 11.6 Å². The average Bonchev–Trinajstić information content (AvgIpc) is 2.92. The summed E-state index contributed by atoms with van der Waals surface area (Å²) in [7, 11) is 0. The maximum Gasteiger partial charge on any atom is 0.0958 e. The molecule has 0 aliphatic heterocycles. The maximum atomic E-state index is 11.2. The van der Waals surface area contributed by atoms with E-state index in [1.54, 1.807) is 0 Å². The van der Waals surface area contributed by atoms with E-state index in [0.717, 1.165) is 36.3 Å². The van der Waals surface area contributed by atoms with Crippen molar-refractivity contribution in [3.8, 4) is 0 Å². The van der Waals surface area contributed by atoms with Crippen molar-refractivity contribution in [2.45, 2.75) is 52.2 Å². The van der Waals surface area contributed by atoms with Crippen molar-refractivity contribution in [1.29, 1.82) is 0 Å². The lowest BCUT2D eigenvalue weighted by molar-refractivity contribution is 0.0368. The van der Waals surface area contributed by atoms with E-state index in [1.165, 1.54) is 11.1 Å². The standard InChI is InChI=1S/C17H21ClN2O/c1-4-20-15(16(18)12(3)19-20)10-17(21)8-7-13-6-5-11(2)9-14(13)17/h5-6,9,21H,4,7-8,10H2,1-3H3. The SMILES string of the molecule is CCn1nc(C)c(Cl)c1CC1(O)CCc2ccc(C)cc21. The highest BCUT2D eigenvalue weighted by molar-refractivity contribution is 6.31. The summed E-state index contributed by atoms with van der Waals surface area (Å²) in [5, 5.41) is 16.3. The summed E-state index contributed by atoms with van der Waals surface area (Å²) in [4.78, 5) is 0. The molecule has 1 heterocycles. The number of aliphatic hydroxyl groups is 1. The third-order valence-electron chi connectivity index (χ3n) is 4.49. The van der Waals surface area contributed by atoms with Crippen molar-refractivity contribution < 1.29 is 5.11 Å². The molecule has 0 amide bonds. The van der Waals surface area contributed by atoms with Crippen molar-refractivity contribution in [1.82, 2.24) is 9.78 Å². The fourth-order valence-corrected chi connectivity index (χ4v) is 3.52. The molecule has 1 aromatic carbocycles. The first kappa shape index (κ1) is 14.6. The number of hydrogen-bond donors (Lipinski definition) is 1. The molecule has 1 aliphatic carbocycles. The molecule has 1 aliphatic rings. The molecule has 21 heavy (non-hydrogen) atoms. The molecular weight excluding hydrogens is 284 g/mol. The van der Waals surface area contributed by atoms with Crippen LogP contribution in [0.4, 0.5) is 0 Å². The van der Waals surface area contributed by atoms with Crippen LogP contribution in [-0.4, -0.2) is 14.9 Å². The zero-order valence-corrected chi connectivity index (χ0v) is 13.5. The van der Waals surface area contributed by atoms with Gasteiger partial charge in [-0.3, -0.25) is 4.68 Å². The monoisotopic (exact) mass is 304 g/mol. The van der Waals surface area contributed by atoms with E-state index in [9.17, 15) is 5.11 Å². The van der Waals surface area contributed by atoms with Gasteiger partial charge in [-0.1, -0.05) is 35.4 Å². The second-order valence-electron chi connectivity index (χ2n) is 6.03. The Morgan fingerprint density at radius 3 is 2.86 bits per heavy atom. The largest absolute Gasteiger partial charge is 0.385 e. The summed E-state index contributed by atoms with van der Waals surface area (Å²) in [6.07, 6.45) is 2.19. The van der Waals surface area contributed by atoms with Crippen LogP contribution >= 0.6 is 11.6 Å². The van der Waals surface area contributed by atoms with Crippen LogP contribution in [0.5, 0.6) is 0 Å². The van der Waals surface area contributed by atoms with Gasteiger partial charge in [0.25, 0.3) is 0 Å². The van der Waals surface area contributed by atoms with Gasteiger partial charge in [0.2, 0.25) is 0 Å². The Hall–Kier alpha value is -1.32. The molecule has 0 radical (unpaired) electrons. The van der Waals surface area contributed by atoms with Crippen molar-refractivity contribution in [2.24, 2.45) is 0 Å². The van der Waals surface area contributed by atoms with Crippen molar-refractivity contribution in [3.05, 3.63) is 51.3 Å². The lowest BCUT2D eigenvalue weighted by atomic mass is 9.90. The average molecular weight is 305 g/mol. The van der Waals surface area contributed by atoms with Crippen molar-refractivity contribution >= 4 is 11.6 Å². The smallest absolute Gasteiger partial charge is 0.0958 e. The minimum absolute atomic E-state index is 0.525. The van der Waals surface area contributed by atoms with Gasteiger partial charge in [0.05, 0.1) is 22.0 Å². The van der Waals surface area contributed by atoms with Crippen LogP contribution in [0.3, 0.4) is 0 Å². The summed E-state index contributed by atoms with van der Waals surface area (Å²) in [6, 6.07) is 6.35. The Bertz CT molecular complexity index is 692. The zero-order valence-electron chi connectivity index (χ0n) is 12.8. The third-order valence-corrected chi connectivity index (χ3v) is 4.98. The molecule has 112 valence electrons. The number of rotatable bonds is 3. The van der Waals surface area contributed by atoms with Crippen LogP contribution in [-0.2, 0) is 25.0 Å². The third kappa shape index (κ3) is 2.39. The van der Waals surface area contributed by atoms with Gasteiger partial charge in [0.15, 0.2) is 0 Å². The summed E-state index contributed by atoms with van der Waals surface area (Å²) in [6.45, 7) is 6.78. The normalized spacial score (nSPS) is 20.8. The van der Waals surface area contributed by atoms with Gasteiger partial charge in [0.1, 0.15) is 0 Å². The lowest BCUT2D eigenvalue weighted by Gasteiger charge is -2.25. The number of benzene rings is 1. The van der Waals surface area contributed by atoms with Crippen LogP contribution in [0.15, 0.2) is 18.2 Å². The molecule has 1 unspecified atom stereocenters. The van der Waals surface area contributed by atoms with Gasteiger partial charge in [-0.05, 0) is 44.7 Å². The minimum Gasteiger partial charge on any atom is -0.385 e. The first-order valence-corrected chi connectivity index (χ1v) is 7.86. The molecule has 1 atom stereocenters. The molecule has 0 spiro atoms. The molecular formula is C17H21ClN2O. The van der Waals surface area contributed by atoms with Gasteiger partial charge < -0.3 is 5.11 Å². The highest BCUT2D eigenvalue weighted by Gasteiger charge is 2.38. The zero-order chi connectivity index (χ0) is 15.2. The van der Waals surface area contributed by atoms with E-state index >= 15 is 0 Å². The van der Waals surface area contributed by atoms with E-state index in [0.29, 0.717) is 11.4 Å². The first-order chi connectivity index (χ1) is 9.94. The molecule has 0 saturated heterocycles. The van der Waals surface area contributed by atoms with Crippen LogP contribution < -0.4 is 0 Å². The second-order valence-corrected chi connectivity index (χ2v) is 6.41. The number of aryl methyl sites for hydroxylation is 4. The Balaban J connectivity index is 2.02. The Morgan fingerprint density at radius 2 is 2.14 bits per heavy atom. The fourth-order valence-electron chi connectivity index (χ4n) is 3.32. The van der Waals surface area contributed by atoms with Gasteiger partial charge in [-0.2, -0.15) is 5.10 Å². The molecule has 1 N–H and O–H groups in total. The number of fused-ring (bicyclic) bond motifs is 1. The Morgan fingerprint density at radius 1 is 1.38 bits per heavy atom.